The van der Waals surface area contributed by atoms with Crippen LogP contribution in [0, 0.1) is 0 Å². The van der Waals surface area contributed by atoms with E-state index in [4.69, 9.17) is 5.11 Å². The zero-order valence-electron chi connectivity index (χ0n) is 9.71. The van der Waals surface area contributed by atoms with Crippen LogP contribution in [0.5, 0.6) is 0 Å². The van der Waals surface area contributed by atoms with E-state index >= 15 is 0 Å². The van der Waals surface area contributed by atoms with Gasteiger partial charge in [0.05, 0.1) is 0 Å². The van der Waals surface area contributed by atoms with E-state index in [0.717, 1.165) is 18.5 Å². The Hall–Kier alpha value is -0.0800. The minimum Gasteiger partial charge on any atom is -0.396 e. The van der Waals surface area contributed by atoms with Gasteiger partial charge in [-0.25, -0.2) is 0 Å². The number of piperidine rings is 1. The summed E-state index contributed by atoms with van der Waals surface area (Å²) in [5, 5.41) is 8.69. The van der Waals surface area contributed by atoms with Crippen molar-refractivity contribution in [2.45, 2.75) is 64.5 Å². The average Bonchev–Trinajstić information content (AvgIpc) is 2.16. The second-order valence-corrected chi connectivity index (χ2v) is 4.65. The van der Waals surface area contributed by atoms with E-state index in [0.29, 0.717) is 6.61 Å². The summed E-state index contributed by atoms with van der Waals surface area (Å²) < 4.78 is 0. The van der Waals surface area contributed by atoms with Gasteiger partial charge in [0.15, 0.2) is 0 Å². The molecule has 14 heavy (non-hydrogen) atoms. The molecule has 0 unspecified atom stereocenters. The molecule has 2 nitrogen and oxygen atoms in total. The van der Waals surface area contributed by atoms with Crippen molar-refractivity contribution >= 4 is 0 Å². The molecule has 0 aromatic heterocycles. The minimum atomic E-state index is 0.352. The minimum absolute atomic E-state index is 0.352. The van der Waals surface area contributed by atoms with Crippen molar-refractivity contribution in [1.82, 2.24) is 4.90 Å². The summed E-state index contributed by atoms with van der Waals surface area (Å²) >= 11 is 0. The highest BCUT2D eigenvalue weighted by Crippen LogP contribution is 2.22. The molecular weight excluding hydrogens is 174 g/mol. The molecule has 1 heterocycles. The molecule has 0 aliphatic carbocycles. The van der Waals surface area contributed by atoms with Gasteiger partial charge < -0.3 is 5.11 Å². The SMILES string of the molecule is C[C@@H]1CCC[C@H](C)N1CCCCCO. The number of unbranched alkanes of at least 4 members (excludes halogenated alkanes) is 2. The first-order chi connectivity index (χ1) is 6.75. The predicted octanol–water partition coefficient (Wildman–Crippen LogP) is 2.41. The normalized spacial score (nSPS) is 29.4. The molecule has 84 valence electrons. The maximum atomic E-state index is 8.69. The van der Waals surface area contributed by atoms with Crippen LogP contribution < -0.4 is 0 Å². The van der Waals surface area contributed by atoms with Gasteiger partial charge in [0.25, 0.3) is 0 Å². The molecule has 0 amide bonds. The van der Waals surface area contributed by atoms with Crippen molar-refractivity contribution in [3.05, 3.63) is 0 Å². The van der Waals surface area contributed by atoms with E-state index in [-0.39, 0.29) is 0 Å². The number of likely N-dealkylation sites (tertiary alicyclic amines) is 1. The zero-order chi connectivity index (χ0) is 10.4. The van der Waals surface area contributed by atoms with E-state index < -0.39 is 0 Å². The number of hydrogen-bond acceptors (Lipinski definition) is 2. The molecule has 1 rings (SSSR count). The largest absolute Gasteiger partial charge is 0.396 e. The van der Waals surface area contributed by atoms with Gasteiger partial charge in [-0.1, -0.05) is 6.42 Å². The van der Waals surface area contributed by atoms with Crippen LogP contribution in [0.3, 0.4) is 0 Å². The van der Waals surface area contributed by atoms with Crippen molar-refractivity contribution < 1.29 is 5.11 Å². The standard InChI is InChI=1S/C12H25NO/c1-11-7-6-8-12(2)13(11)9-4-3-5-10-14/h11-12,14H,3-10H2,1-2H3/t11-,12+. The smallest absolute Gasteiger partial charge is 0.0431 e. The van der Waals surface area contributed by atoms with Crippen molar-refractivity contribution in [3.8, 4) is 0 Å². The summed E-state index contributed by atoms with van der Waals surface area (Å²) in [6.07, 6.45) is 7.52. The van der Waals surface area contributed by atoms with Crippen LogP contribution in [0.25, 0.3) is 0 Å². The second-order valence-electron chi connectivity index (χ2n) is 4.65. The molecule has 0 saturated carbocycles. The number of aliphatic hydroxyl groups is 1. The van der Waals surface area contributed by atoms with Crippen LogP contribution in [0.1, 0.15) is 52.4 Å². The van der Waals surface area contributed by atoms with Gasteiger partial charge in [-0.2, -0.15) is 0 Å². The van der Waals surface area contributed by atoms with Gasteiger partial charge in [0, 0.05) is 18.7 Å². The van der Waals surface area contributed by atoms with Crippen LogP contribution in [0.15, 0.2) is 0 Å². The highest BCUT2D eigenvalue weighted by Gasteiger charge is 2.23. The third-order valence-electron chi connectivity index (χ3n) is 3.45. The molecule has 1 aliphatic heterocycles. The highest BCUT2D eigenvalue weighted by molar-refractivity contribution is 4.79. The first-order valence-electron chi connectivity index (χ1n) is 6.12. The van der Waals surface area contributed by atoms with E-state index in [1.807, 2.05) is 0 Å². The van der Waals surface area contributed by atoms with Crippen LogP contribution in [0.2, 0.25) is 0 Å². The summed E-state index contributed by atoms with van der Waals surface area (Å²) in [4.78, 5) is 2.64. The molecule has 0 aromatic carbocycles. The first-order valence-corrected chi connectivity index (χ1v) is 6.12. The zero-order valence-corrected chi connectivity index (χ0v) is 9.71. The Bertz CT molecular complexity index is 139. The maximum absolute atomic E-state index is 8.69. The van der Waals surface area contributed by atoms with E-state index in [1.165, 1.54) is 38.6 Å². The van der Waals surface area contributed by atoms with Crippen LogP contribution >= 0.6 is 0 Å². The molecule has 2 heteroatoms. The van der Waals surface area contributed by atoms with Crippen molar-refractivity contribution in [2.24, 2.45) is 0 Å². The van der Waals surface area contributed by atoms with Gasteiger partial charge in [-0.15, -0.1) is 0 Å². The highest BCUT2D eigenvalue weighted by atomic mass is 16.2. The maximum Gasteiger partial charge on any atom is 0.0431 e. The summed E-state index contributed by atoms with van der Waals surface area (Å²) in [5.41, 5.74) is 0. The number of aliphatic hydroxyl groups excluding tert-OH is 1. The quantitative estimate of drug-likeness (QED) is 0.687. The second kappa shape index (κ2) is 6.41. The fourth-order valence-corrected chi connectivity index (χ4v) is 2.50. The van der Waals surface area contributed by atoms with Crippen molar-refractivity contribution in [2.75, 3.05) is 13.2 Å². The Morgan fingerprint density at radius 2 is 1.71 bits per heavy atom. The summed E-state index contributed by atoms with van der Waals surface area (Å²) in [7, 11) is 0. The van der Waals surface area contributed by atoms with Crippen LogP contribution in [-0.2, 0) is 0 Å². The number of nitrogens with zero attached hydrogens (tertiary/aromatic N) is 1. The molecule has 1 N–H and O–H groups in total. The fourth-order valence-electron chi connectivity index (χ4n) is 2.50. The lowest BCUT2D eigenvalue weighted by Crippen LogP contribution is -2.44. The van der Waals surface area contributed by atoms with E-state index in [1.54, 1.807) is 0 Å². The predicted molar refractivity (Wildman–Crippen MR) is 60.4 cm³/mol. The fraction of sp³-hybridized carbons (Fsp3) is 1.00. The molecule has 0 bridgehead atoms. The van der Waals surface area contributed by atoms with Crippen LogP contribution in [-0.4, -0.2) is 35.2 Å². The lowest BCUT2D eigenvalue weighted by Gasteiger charge is -2.39. The van der Waals surface area contributed by atoms with E-state index in [9.17, 15) is 0 Å². The Morgan fingerprint density at radius 1 is 1.07 bits per heavy atom. The number of rotatable bonds is 5. The third-order valence-corrected chi connectivity index (χ3v) is 3.45. The monoisotopic (exact) mass is 199 g/mol. The Kier molecular flexibility index (Phi) is 5.49. The first kappa shape index (κ1) is 12.0. The van der Waals surface area contributed by atoms with Gasteiger partial charge in [-0.3, -0.25) is 4.90 Å². The van der Waals surface area contributed by atoms with Crippen molar-refractivity contribution in [3.63, 3.8) is 0 Å². The summed E-state index contributed by atoms with van der Waals surface area (Å²) in [6, 6.07) is 1.54. The lowest BCUT2D eigenvalue weighted by atomic mass is 9.97. The van der Waals surface area contributed by atoms with Crippen LogP contribution in [0.4, 0.5) is 0 Å². The van der Waals surface area contributed by atoms with E-state index in [2.05, 4.69) is 18.7 Å². The average molecular weight is 199 g/mol. The van der Waals surface area contributed by atoms with Gasteiger partial charge >= 0.3 is 0 Å². The molecule has 0 radical (unpaired) electrons. The molecule has 1 saturated heterocycles. The third kappa shape index (κ3) is 3.58. The molecule has 1 fully saturated rings. The molecule has 1 aliphatic rings. The van der Waals surface area contributed by atoms with Gasteiger partial charge in [-0.05, 0) is 52.5 Å². The molecule has 0 spiro atoms. The topological polar surface area (TPSA) is 23.5 Å². The Balaban J connectivity index is 2.19. The van der Waals surface area contributed by atoms with Gasteiger partial charge in [0.2, 0.25) is 0 Å². The molecule has 0 aromatic rings. The summed E-state index contributed by atoms with van der Waals surface area (Å²) in [5.74, 6) is 0. The van der Waals surface area contributed by atoms with Gasteiger partial charge in [0.1, 0.15) is 0 Å². The lowest BCUT2D eigenvalue weighted by molar-refractivity contribution is 0.101. The Morgan fingerprint density at radius 3 is 2.29 bits per heavy atom. The summed E-state index contributed by atoms with van der Waals surface area (Å²) in [6.45, 7) is 6.27. The van der Waals surface area contributed by atoms with Crippen molar-refractivity contribution in [1.29, 1.82) is 0 Å². The Labute approximate surface area is 88.3 Å². The number of hydrogen-bond donors (Lipinski definition) is 1. The molecule has 2 atom stereocenters. The molecular formula is C12H25NO.